The first kappa shape index (κ1) is 19.8. The van der Waals surface area contributed by atoms with Crippen molar-refractivity contribution in [2.24, 2.45) is 0 Å². The monoisotopic (exact) mass is 379 g/mol. The number of aryl methyl sites for hydroxylation is 1. The normalized spacial score (nSPS) is 13.2. The Balaban J connectivity index is 1.59. The first-order chi connectivity index (χ1) is 13.5. The second kappa shape index (κ2) is 8.80. The van der Waals surface area contributed by atoms with E-state index in [1.165, 1.54) is 4.90 Å². The molecular weight excluding hydrogens is 354 g/mol. The molecule has 2 aromatic rings. The fraction of sp³-hybridized carbons (Fsp3) is 0.318. The largest absolute Gasteiger partial charge is 0.325 e. The van der Waals surface area contributed by atoms with Crippen molar-refractivity contribution >= 4 is 23.4 Å². The van der Waals surface area contributed by atoms with Gasteiger partial charge in [-0.25, -0.2) is 0 Å². The van der Waals surface area contributed by atoms with E-state index in [1.807, 2.05) is 43.0 Å². The van der Waals surface area contributed by atoms with E-state index in [2.05, 4.69) is 5.32 Å². The van der Waals surface area contributed by atoms with Crippen LogP contribution in [0.2, 0.25) is 0 Å². The third-order valence-electron chi connectivity index (χ3n) is 4.84. The van der Waals surface area contributed by atoms with Crippen LogP contribution in [0.4, 0.5) is 5.69 Å². The highest BCUT2D eigenvalue weighted by molar-refractivity contribution is 6.21. The second-order valence-electron chi connectivity index (χ2n) is 6.95. The summed E-state index contributed by atoms with van der Waals surface area (Å²) >= 11 is 0. The summed E-state index contributed by atoms with van der Waals surface area (Å²) in [7, 11) is 0. The van der Waals surface area contributed by atoms with Gasteiger partial charge < -0.3 is 5.32 Å². The number of imide groups is 1. The number of nitrogens with one attached hydrogen (secondary N) is 1. The highest BCUT2D eigenvalue weighted by atomic mass is 16.2. The Kier molecular flexibility index (Phi) is 6.21. The van der Waals surface area contributed by atoms with Crippen LogP contribution < -0.4 is 5.32 Å². The van der Waals surface area contributed by atoms with Gasteiger partial charge in [0.15, 0.2) is 0 Å². The molecule has 0 fully saturated rings. The standard InChI is InChI=1S/C22H25N3O3/c1-3-12-24(15-20(26)23-19-11-7-4-8-16(19)2)13-14-25-21(27)17-9-5-6-10-18(17)22(25)28/h4-11H,3,12-15H2,1-2H3,(H,23,26). The lowest BCUT2D eigenvalue weighted by Gasteiger charge is -2.24. The number of nitrogens with zero attached hydrogens (tertiary/aromatic N) is 2. The molecule has 1 heterocycles. The molecule has 0 saturated carbocycles. The number of hydrogen-bond acceptors (Lipinski definition) is 4. The minimum absolute atomic E-state index is 0.106. The summed E-state index contributed by atoms with van der Waals surface area (Å²) in [6, 6.07) is 14.5. The number of fused-ring (bicyclic) bond motifs is 1. The Morgan fingerprint density at radius 3 is 2.18 bits per heavy atom. The van der Waals surface area contributed by atoms with Crippen LogP contribution in [0.1, 0.15) is 39.6 Å². The highest BCUT2D eigenvalue weighted by Crippen LogP contribution is 2.22. The van der Waals surface area contributed by atoms with Crippen LogP contribution in [0.3, 0.4) is 0 Å². The van der Waals surface area contributed by atoms with Crippen molar-refractivity contribution < 1.29 is 14.4 Å². The van der Waals surface area contributed by atoms with Gasteiger partial charge in [-0.05, 0) is 43.7 Å². The zero-order chi connectivity index (χ0) is 20.1. The summed E-state index contributed by atoms with van der Waals surface area (Å²) in [4.78, 5) is 40.7. The van der Waals surface area contributed by atoms with Crippen LogP contribution in [0.25, 0.3) is 0 Å². The molecule has 0 aliphatic carbocycles. The smallest absolute Gasteiger partial charge is 0.261 e. The summed E-state index contributed by atoms with van der Waals surface area (Å²) in [6.07, 6.45) is 0.875. The zero-order valence-corrected chi connectivity index (χ0v) is 16.3. The van der Waals surface area contributed by atoms with Crippen molar-refractivity contribution in [3.63, 3.8) is 0 Å². The third kappa shape index (κ3) is 4.28. The lowest BCUT2D eigenvalue weighted by molar-refractivity contribution is -0.117. The predicted octanol–water partition coefficient (Wildman–Crippen LogP) is 2.94. The van der Waals surface area contributed by atoms with Crippen LogP contribution in [-0.4, -0.2) is 53.7 Å². The SMILES string of the molecule is CCCN(CCN1C(=O)c2ccccc2C1=O)CC(=O)Nc1ccccc1C. The molecule has 3 rings (SSSR count). The minimum atomic E-state index is -0.263. The number of carbonyl (C=O) groups is 3. The average Bonchev–Trinajstić information content (AvgIpc) is 2.93. The van der Waals surface area contributed by atoms with Gasteiger partial charge in [-0.1, -0.05) is 37.3 Å². The molecule has 0 saturated heterocycles. The maximum atomic E-state index is 12.5. The Morgan fingerprint density at radius 1 is 0.964 bits per heavy atom. The summed E-state index contributed by atoms with van der Waals surface area (Å²) in [5.74, 6) is -0.632. The van der Waals surface area contributed by atoms with E-state index in [1.54, 1.807) is 24.3 Å². The second-order valence-corrected chi connectivity index (χ2v) is 6.95. The van der Waals surface area contributed by atoms with E-state index in [-0.39, 0.29) is 30.8 Å². The highest BCUT2D eigenvalue weighted by Gasteiger charge is 2.34. The minimum Gasteiger partial charge on any atom is -0.325 e. The maximum absolute atomic E-state index is 12.5. The van der Waals surface area contributed by atoms with Crippen molar-refractivity contribution in [1.29, 1.82) is 0 Å². The van der Waals surface area contributed by atoms with Gasteiger partial charge in [0.1, 0.15) is 0 Å². The number of rotatable bonds is 8. The summed E-state index contributed by atoms with van der Waals surface area (Å²) in [5.41, 5.74) is 2.70. The van der Waals surface area contributed by atoms with E-state index in [4.69, 9.17) is 0 Å². The van der Waals surface area contributed by atoms with Crippen LogP contribution >= 0.6 is 0 Å². The maximum Gasteiger partial charge on any atom is 0.261 e. The lowest BCUT2D eigenvalue weighted by Crippen LogP contribution is -2.41. The van der Waals surface area contributed by atoms with Gasteiger partial charge in [0, 0.05) is 18.8 Å². The first-order valence-corrected chi connectivity index (χ1v) is 9.54. The van der Waals surface area contributed by atoms with Crippen LogP contribution in [0, 0.1) is 6.92 Å². The van der Waals surface area contributed by atoms with Crippen LogP contribution in [0.15, 0.2) is 48.5 Å². The van der Waals surface area contributed by atoms with E-state index in [0.29, 0.717) is 24.2 Å². The topological polar surface area (TPSA) is 69.7 Å². The Hall–Kier alpha value is -2.99. The van der Waals surface area contributed by atoms with E-state index in [0.717, 1.165) is 17.7 Å². The number of anilines is 1. The molecular formula is C22H25N3O3. The molecule has 0 radical (unpaired) electrons. The molecule has 0 bridgehead atoms. The van der Waals surface area contributed by atoms with E-state index < -0.39 is 0 Å². The summed E-state index contributed by atoms with van der Waals surface area (Å²) in [6.45, 7) is 5.64. The van der Waals surface area contributed by atoms with Crippen molar-refractivity contribution in [1.82, 2.24) is 9.80 Å². The molecule has 0 spiro atoms. The van der Waals surface area contributed by atoms with Gasteiger partial charge in [-0.15, -0.1) is 0 Å². The van der Waals surface area contributed by atoms with Crippen molar-refractivity contribution in [2.45, 2.75) is 20.3 Å². The summed E-state index contributed by atoms with van der Waals surface area (Å²) in [5, 5.41) is 2.93. The number of amides is 3. The fourth-order valence-electron chi connectivity index (χ4n) is 3.38. The van der Waals surface area contributed by atoms with E-state index >= 15 is 0 Å². The number of hydrogen-bond donors (Lipinski definition) is 1. The van der Waals surface area contributed by atoms with Gasteiger partial charge in [-0.2, -0.15) is 0 Å². The average molecular weight is 379 g/mol. The number of benzene rings is 2. The van der Waals surface area contributed by atoms with Crippen molar-refractivity contribution in [3.8, 4) is 0 Å². The van der Waals surface area contributed by atoms with Gasteiger partial charge in [0.25, 0.3) is 11.8 Å². The Morgan fingerprint density at radius 2 is 1.57 bits per heavy atom. The first-order valence-electron chi connectivity index (χ1n) is 9.54. The third-order valence-corrected chi connectivity index (χ3v) is 4.84. The molecule has 0 unspecified atom stereocenters. The Bertz CT molecular complexity index is 859. The lowest BCUT2D eigenvalue weighted by atomic mass is 10.1. The van der Waals surface area contributed by atoms with Gasteiger partial charge in [-0.3, -0.25) is 24.2 Å². The summed E-state index contributed by atoms with van der Waals surface area (Å²) < 4.78 is 0. The Labute approximate surface area is 165 Å². The van der Waals surface area contributed by atoms with Gasteiger partial charge in [0.2, 0.25) is 5.91 Å². The van der Waals surface area contributed by atoms with Crippen molar-refractivity contribution in [2.75, 3.05) is 31.5 Å². The van der Waals surface area contributed by atoms with Crippen LogP contribution in [0.5, 0.6) is 0 Å². The molecule has 6 nitrogen and oxygen atoms in total. The molecule has 1 N–H and O–H groups in total. The van der Waals surface area contributed by atoms with Gasteiger partial charge >= 0.3 is 0 Å². The van der Waals surface area contributed by atoms with Crippen LogP contribution in [-0.2, 0) is 4.79 Å². The molecule has 28 heavy (non-hydrogen) atoms. The molecule has 1 aliphatic rings. The van der Waals surface area contributed by atoms with E-state index in [9.17, 15) is 14.4 Å². The fourth-order valence-corrected chi connectivity index (χ4v) is 3.38. The zero-order valence-electron chi connectivity index (χ0n) is 16.3. The molecule has 1 aliphatic heterocycles. The molecule has 2 aromatic carbocycles. The quantitative estimate of drug-likeness (QED) is 0.716. The van der Waals surface area contributed by atoms with Crippen molar-refractivity contribution in [3.05, 3.63) is 65.2 Å². The molecule has 3 amide bonds. The predicted molar refractivity (Wildman–Crippen MR) is 108 cm³/mol. The molecule has 146 valence electrons. The number of carbonyl (C=O) groups excluding carboxylic acids is 3. The number of para-hydroxylation sites is 1. The molecule has 0 aromatic heterocycles. The van der Waals surface area contributed by atoms with Gasteiger partial charge in [0.05, 0.1) is 17.7 Å². The molecule has 6 heteroatoms. The molecule has 0 atom stereocenters.